The van der Waals surface area contributed by atoms with E-state index < -0.39 is 0 Å². The lowest BCUT2D eigenvalue weighted by molar-refractivity contribution is -0.131. The van der Waals surface area contributed by atoms with E-state index in [0.29, 0.717) is 5.06 Å². The van der Waals surface area contributed by atoms with Crippen molar-refractivity contribution in [2.24, 2.45) is 0 Å². The van der Waals surface area contributed by atoms with E-state index in [4.69, 9.17) is 4.74 Å². The summed E-state index contributed by atoms with van der Waals surface area (Å²) in [5.74, 6) is -0.262. The summed E-state index contributed by atoms with van der Waals surface area (Å²) in [6, 6.07) is 3.80. The molecule has 1 aromatic heterocycles. The van der Waals surface area contributed by atoms with Crippen molar-refractivity contribution < 1.29 is 9.53 Å². The topological polar surface area (TPSA) is 26.3 Å². The second-order valence-electron chi connectivity index (χ2n) is 2.25. The minimum Gasteiger partial charge on any atom is -0.416 e. The molecule has 12 heavy (non-hydrogen) atoms. The summed E-state index contributed by atoms with van der Waals surface area (Å²) < 4.78 is 4.91. The molecule has 0 aliphatic rings. The van der Waals surface area contributed by atoms with E-state index in [2.05, 4.69) is 15.9 Å². The molecule has 0 fully saturated rings. The van der Waals surface area contributed by atoms with Crippen LogP contribution in [0.15, 0.2) is 12.1 Å². The first-order valence-corrected chi connectivity index (χ1v) is 5.49. The van der Waals surface area contributed by atoms with Gasteiger partial charge in [-0.3, -0.25) is 4.79 Å². The molecule has 66 valence electrons. The van der Waals surface area contributed by atoms with Gasteiger partial charge in [-0.25, -0.2) is 0 Å². The fourth-order valence-corrected chi connectivity index (χ4v) is 2.37. The third-order valence-electron chi connectivity index (χ3n) is 1.22. The third-order valence-corrected chi connectivity index (χ3v) is 2.64. The largest absolute Gasteiger partial charge is 0.416 e. The van der Waals surface area contributed by atoms with Gasteiger partial charge in [-0.05, 0) is 18.6 Å². The molecule has 0 aromatic carbocycles. The minimum atomic E-state index is -0.262. The van der Waals surface area contributed by atoms with Crippen molar-refractivity contribution in [3.8, 4) is 5.06 Å². The monoisotopic (exact) mass is 248 g/mol. The maximum absolute atomic E-state index is 10.6. The molecule has 0 aliphatic carbocycles. The molecule has 4 heteroatoms. The summed E-state index contributed by atoms with van der Waals surface area (Å²) in [7, 11) is 0. The van der Waals surface area contributed by atoms with Crippen LogP contribution in [0.4, 0.5) is 0 Å². The number of halogens is 1. The van der Waals surface area contributed by atoms with E-state index in [1.165, 1.54) is 23.1 Å². The standard InChI is InChI=1S/C8H9BrO2S/c1-6(10)11-8-3-2-7(12-8)4-5-9/h2-3H,4-5H2,1H3. The average molecular weight is 249 g/mol. The smallest absolute Gasteiger partial charge is 0.308 e. The molecule has 0 spiro atoms. The van der Waals surface area contributed by atoms with Gasteiger partial charge in [0.1, 0.15) is 0 Å². The maximum Gasteiger partial charge on any atom is 0.308 e. The summed E-state index contributed by atoms with van der Waals surface area (Å²) in [4.78, 5) is 11.8. The molecule has 1 heterocycles. The van der Waals surface area contributed by atoms with E-state index in [-0.39, 0.29) is 5.97 Å². The van der Waals surface area contributed by atoms with Gasteiger partial charge in [-0.1, -0.05) is 15.9 Å². The Morgan fingerprint density at radius 2 is 2.42 bits per heavy atom. The minimum absolute atomic E-state index is 0.262. The Balaban J connectivity index is 2.58. The van der Waals surface area contributed by atoms with Crippen molar-refractivity contribution in [3.05, 3.63) is 17.0 Å². The molecule has 2 nitrogen and oxygen atoms in total. The lowest BCUT2D eigenvalue weighted by Crippen LogP contribution is -1.98. The molecule has 0 amide bonds. The number of esters is 1. The summed E-state index contributed by atoms with van der Waals surface area (Å²) in [6.07, 6.45) is 0.978. The molecule has 0 saturated heterocycles. The van der Waals surface area contributed by atoms with Crippen LogP contribution in [0.25, 0.3) is 0 Å². The number of rotatable bonds is 3. The van der Waals surface area contributed by atoms with Gasteiger partial charge in [-0.15, -0.1) is 11.3 Å². The highest BCUT2D eigenvalue weighted by atomic mass is 79.9. The lowest BCUT2D eigenvalue weighted by atomic mass is 10.4. The van der Waals surface area contributed by atoms with Gasteiger partial charge in [0.15, 0.2) is 5.06 Å². The average Bonchev–Trinajstić information content (AvgIpc) is 2.36. The number of carbonyl (C=O) groups excluding carboxylic acids is 1. The molecule has 1 aromatic rings. The van der Waals surface area contributed by atoms with Gasteiger partial charge in [0.2, 0.25) is 0 Å². The number of alkyl halides is 1. The van der Waals surface area contributed by atoms with E-state index in [1.807, 2.05) is 12.1 Å². The van der Waals surface area contributed by atoms with Gasteiger partial charge in [-0.2, -0.15) is 0 Å². The zero-order valence-corrected chi connectivity index (χ0v) is 9.07. The highest BCUT2D eigenvalue weighted by Gasteiger charge is 2.02. The van der Waals surface area contributed by atoms with Crippen molar-refractivity contribution in [3.63, 3.8) is 0 Å². The molecule has 0 unspecified atom stereocenters. The number of hydrogen-bond acceptors (Lipinski definition) is 3. The number of ether oxygens (including phenoxy) is 1. The quantitative estimate of drug-likeness (QED) is 0.608. The number of aryl methyl sites for hydroxylation is 1. The normalized spacial score (nSPS) is 9.83. The van der Waals surface area contributed by atoms with Crippen LogP contribution in [-0.2, 0) is 11.2 Å². The predicted molar refractivity (Wildman–Crippen MR) is 53.1 cm³/mol. The van der Waals surface area contributed by atoms with Crippen molar-refractivity contribution in [1.82, 2.24) is 0 Å². The predicted octanol–water partition coefficient (Wildman–Crippen LogP) is 2.61. The Morgan fingerprint density at radius 1 is 1.67 bits per heavy atom. The van der Waals surface area contributed by atoms with Crippen LogP contribution in [0.2, 0.25) is 0 Å². The van der Waals surface area contributed by atoms with Crippen LogP contribution in [0, 0.1) is 0 Å². The van der Waals surface area contributed by atoms with E-state index in [1.54, 1.807) is 0 Å². The molecule has 0 atom stereocenters. The van der Waals surface area contributed by atoms with Crippen LogP contribution >= 0.6 is 27.3 Å². The van der Waals surface area contributed by atoms with Crippen LogP contribution < -0.4 is 4.74 Å². The summed E-state index contributed by atoms with van der Waals surface area (Å²) in [5, 5.41) is 1.62. The molecule has 0 saturated carbocycles. The van der Waals surface area contributed by atoms with Crippen LogP contribution in [0.5, 0.6) is 5.06 Å². The fourth-order valence-electron chi connectivity index (χ4n) is 0.782. The summed E-state index contributed by atoms with van der Waals surface area (Å²) >= 11 is 4.86. The van der Waals surface area contributed by atoms with Crippen molar-refractivity contribution >= 4 is 33.2 Å². The number of carbonyl (C=O) groups is 1. The highest BCUT2D eigenvalue weighted by molar-refractivity contribution is 9.09. The third kappa shape index (κ3) is 2.95. The van der Waals surface area contributed by atoms with Crippen molar-refractivity contribution in [2.75, 3.05) is 5.33 Å². The number of hydrogen-bond donors (Lipinski definition) is 0. The van der Waals surface area contributed by atoms with Gasteiger partial charge in [0.25, 0.3) is 0 Å². The second kappa shape index (κ2) is 4.62. The lowest BCUT2D eigenvalue weighted by Gasteiger charge is -1.93. The number of thiophene rings is 1. The van der Waals surface area contributed by atoms with Gasteiger partial charge in [0.05, 0.1) is 0 Å². The highest BCUT2D eigenvalue weighted by Crippen LogP contribution is 2.25. The van der Waals surface area contributed by atoms with Crippen molar-refractivity contribution in [1.29, 1.82) is 0 Å². The molecule has 0 bridgehead atoms. The molecule has 0 aliphatic heterocycles. The molecule has 0 radical (unpaired) electrons. The van der Waals surface area contributed by atoms with Crippen LogP contribution in [-0.4, -0.2) is 11.3 Å². The van der Waals surface area contributed by atoms with E-state index in [0.717, 1.165) is 11.8 Å². The maximum atomic E-state index is 10.6. The van der Waals surface area contributed by atoms with E-state index >= 15 is 0 Å². The first-order valence-electron chi connectivity index (χ1n) is 3.55. The Hall–Kier alpha value is -0.350. The van der Waals surface area contributed by atoms with Crippen molar-refractivity contribution in [2.45, 2.75) is 13.3 Å². The fraction of sp³-hybridized carbons (Fsp3) is 0.375. The molecular weight excluding hydrogens is 240 g/mol. The Kier molecular flexibility index (Phi) is 3.75. The first kappa shape index (κ1) is 9.74. The zero-order chi connectivity index (χ0) is 8.97. The van der Waals surface area contributed by atoms with Gasteiger partial charge < -0.3 is 4.74 Å². The van der Waals surface area contributed by atoms with E-state index in [9.17, 15) is 4.79 Å². The molecular formula is C8H9BrO2S. The van der Waals surface area contributed by atoms with Crippen LogP contribution in [0.3, 0.4) is 0 Å². The van der Waals surface area contributed by atoms with Gasteiger partial charge in [0, 0.05) is 17.1 Å². The Morgan fingerprint density at radius 3 is 3.00 bits per heavy atom. The molecule has 0 N–H and O–H groups in total. The molecule has 1 rings (SSSR count). The summed E-state index contributed by atoms with van der Waals surface area (Å²) in [5.41, 5.74) is 0. The first-order chi connectivity index (χ1) is 5.72. The summed E-state index contributed by atoms with van der Waals surface area (Å²) in [6.45, 7) is 1.41. The van der Waals surface area contributed by atoms with Gasteiger partial charge >= 0.3 is 5.97 Å². The SMILES string of the molecule is CC(=O)Oc1ccc(CCBr)s1. The Bertz CT molecular complexity index is 270. The van der Waals surface area contributed by atoms with Crippen LogP contribution in [0.1, 0.15) is 11.8 Å². The zero-order valence-electron chi connectivity index (χ0n) is 6.67. The Labute approximate surface area is 83.7 Å². The second-order valence-corrected chi connectivity index (χ2v) is 4.18.